The molecule has 6 heteroatoms. The van der Waals surface area contributed by atoms with E-state index in [1.807, 2.05) is 17.5 Å². The van der Waals surface area contributed by atoms with Crippen LogP contribution in [0.15, 0.2) is 34.7 Å². The zero-order valence-electron chi connectivity index (χ0n) is 12.9. The van der Waals surface area contributed by atoms with E-state index in [2.05, 4.69) is 4.98 Å². The van der Waals surface area contributed by atoms with E-state index in [4.69, 9.17) is 0 Å². The first-order chi connectivity index (χ1) is 11.1. The quantitative estimate of drug-likeness (QED) is 0.856. The summed E-state index contributed by atoms with van der Waals surface area (Å²) in [4.78, 5) is 4.83. The van der Waals surface area contributed by atoms with E-state index < -0.39 is 10.0 Å². The fourth-order valence-corrected chi connectivity index (χ4v) is 6.00. The third kappa shape index (κ3) is 2.84. The summed E-state index contributed by atoms with van der Waals surface area (Å²) in [5.74, 6) is 0.230. The number of hydrogen-bond acceptors (Lipinski definition) is 4. The predicted octanol–water partition coefficient (Wildman–Crippen LogP) is 3.20. The number of thiazole rings is 1. The second-order valence-electron chi connectivity index (χ2n) is 6.36. The molecule has 1 fully saturated rings. The summed E-state index contributed by atoms with van der Waals surface area (Å²) in [5, 5.41) is 3.02. The monoisotopic (exact) mass is 348 g/mol. The van der Waals surface area contributed by atoms with Gasteiger partial charge in [-0.1, -0.05) is 6.07 Å². The Labute approximate surface area is 141 Å². The number of sulfonamides is 1. The van der Waals surface area contributed by atoms with Gasteiger partial charge in [-0.3, -0.25) is 0 Å². The molecule has 1 saturated heterocycles. The molecular formula is C17H20N2O2S2. The van der Waals surface area contributed by atoms with Crippen molar-refractivity contribution >= 4 is 21.4 Å². The molecule has 0 N–H and O–H groups in total. The molecule has 4 rings (SSSR count). The molecule has 0 amide bonds. The van der Waals surface area contributed by atoms with Crippen molar-refractivity contribution in [1.29, 1.82) is 0 Å². The Bertz CT molecular complexity index is 800. The van der Waals surface area contributed by atoms with E-state index in [1.54, 1.807) is 27.9 Å². The summed E-state index contributed by atoms with van der Waals surface area (Å²) in [6.45, 7) is 1.16. The molecule has 1 aliphatic carbocycles. The van der Waals surface area contributed by atoms with E-state index in [0.29, 0.717) is 18.0 Å². The molecule has 0 saturated carbocycles. The van der Waals surface area contributed by atoms with Crippen molar-refractivity contribution < 1.29 is 8.42 Å². The number of hydrogen-bond donors (Lipinski definition) is 0. The van der Waals surface area contributed by atoms with Gasteiger partial charge < -0.3 is 0 Å². The van der Waals surface area contributed by atoms with Crippen molar-refractivity contribution in [3.8, 4) is 0 Å². The first kappa shape index (κ1) is 15.3. The van der Waals surface area contributed by atoms with Crippen molar-refractivity contribution in [2.75, 3.05) is 13.1 Å². The van der Waals surface area contributed by atoms with E-state index in [0.717, 1.165) is 37.1 Å². The molecule has 1 aromatic heterocycles. The van der Waals surface area contributed by atoms with Gasteiger partial charge in [0.1, 0.15) is 0 Å². The molecule has 122 valence electrons. The van der Waals surface area contributed by atoms with Gasteiger partial charge >= 0.3 is 0 Å². The molecule has 2 aromatic rings. The van der Waals surface area contributed by atoms with Crippen molar-refractivity contribution in [2.45, 2.75) is 42.9 Å². The van der Waals surface area contributed by atoms with Crippen LogP contribution < -0.4 is 0 Å². The number of fused-ring (bicyclic) bond motifs is 1. The molecule has 1 aromatic carbocycles. The Balaban J connectivity index is 1.60. The summed E-state index contributed by atoms with van der Waals surface area (Å²) < 4.78 is 27.7. The van der Waals surface area contributed by atoms with Crippen LogP contribution in [0.25, 0.3) is 0 Å². The predicted molar refractivity (Wildman–Crippen MR) is 91.3 cm³/mol. The molecule has 0 radical (unpaired) electrons. The van der Waals surface area contributed by atoms with Gasteiger partial charge in [0.25, 0.3) is 0 Å². The molecule has 0 unspecified atom stereocenters. The van der Waals surface area contributed by atoms with Crippen molar-refractivity contribution in [3.63, 3.8) is 0 Å². The molecule has 2 aliphatic rings. The van der Waals surface area contributed by atoms with Crippen molar-refractivity contribution in [2.24, 2.45) is 0 Å². The lowest BCUT2D eigenvalue weighted by Gasteiger charge is -2.31. The third-order valence-electron chi connectivity index (χ3n) is 4.89. The van der Waals surface area contributed by atoms with Crippen LogP contribution in [-0.2, 0) is 22.9 Å². The average Bonchev–Trinajstić information content (AvgIpc) is 3.25. The van der Waals surface area contributed by atoms with Crippen LogP contribution in [-0.4, -0.2) is 30.8 Å². The Morgan fingerprint density at radius 3 is 2.87 bits per heavy atom. The third-order valence-corrected chi connectivity index (χ3v) is 7.69. The fourth-order valence-electron chi connectivity index (χ4n) is 3.66. The van der Waals surface area contributed by atoms with E-state index >= 15 is 0 Å². The van der Waals surface area contributed by atoms with Gasteiger partial charge in [0.05, 0.1) is 9.90 Å². The van der Waals surface area contributed by atoms with Crippen LogP contribution in [0.2, 0.25) is 0 Å². The standard InChI is InChI=1S/C17H20N2O2S2/c20-23(21,16-7-6-13-3-1-4-14(13)11-16)19-9-2-5-15(12-19)17-18-8-10-22-17/h6-8,10-11,15H,1-5,9,12H2/t15-/m1/s1. The first-order valence-electron chi connectivity index (χ1n) is 8.16. The number of nitrogens with zero attached hydrogens (tertiary/aromatic N) is 2. The molecule has 1 aliphatic heterocycles. The Morgan fingerprint density at radius 1 is 1.17 bits per heavy atom. The number of piperidine rings is 1. The minimum Gasteiger partial charge on any atom is -0.249 e. The minimum atomic E-state index is -3.40. The van der Waals surface area contributed by atoms with Gasteiger partial charge in [0.15, 0.2) is 0 Å². The number of aryl methyl sites for hydroxylation is 2. The van der Waals surface area contributed by atoms with Crippen LogP contribution in [0.3, 0.4) is 0 Å². The fraction of sp³-hybridized carbons (Fsp3) is 0.471. The molecule has 2 heterocycles. The van der Waals surface area contributed by atoms with Crippen LogP contribution in [0.1, 0.15) is 41.3 Å². The molecule has 4 nitrogen and oxygen atoms in total. The van der Waals surface area contributed by atoms with Gasteiger partial charge in [-0.05, 0) is 55.4 Å². The van der Waals surface area contributed by atoms with Gasteiger partial charge in [0, 0.05) is 30.6 Å². The lowest BCUT2D eigenvalue weighted by atomic mass is 10.0. The Kier molecular flexibility index (Phi) is 3.99. The summed E-state index contributed by atoms with van der Waals surface area (Å²) in [6.07, 6.45) is 6.92. The van der Waals surface area contributed by atoms with Crippen LogP contribution >= 0.6 is 11.3 Å². The molecular weight excluding hydrogens is 328 g/mol. The van der Waals surface area contributed by atoms with E-state index in [1.165, 1.54) is 11.1 Å². The van der Waals surface area contributed by atoms with Gasteiger partial charge in [-0.25, -0.2) is 13.4 Å². The van der Waals surface area contributed by atoms with Crippen LogP contribution in [0.4, 0.5) is 0 Å². The maximum absolute atomic E-state index is 13.0. The minimum absolute atomic E-state index is 0.230. The molecule has 1 atom stereocenters. The highest BCUT2D eigenvalue weighted by molar-refractivity contribution is 7.89. The zero-order chi connectivity index (χ0) is 15.9. The van der Waals surface area contributed by atoms with Gasteiger partial charge in [0.2, 0.25) is 10.0 Å². The van der Waals surface area contributed by atoms with Crippen molar-refractivity contribution in [1.82, 2.24) is 9.29 Å². The largest absolute Gasteiger partial charge is 0.249 e. The van der Waals surface area contributed by atoms with Crippen LogP contribution in [0, 0.1) is 0 Å². The SMILES string of the molecule is O=S(=O)(c1ccc2c(c1)CCC2)N1CCC[C@@H](c2nccs2)C1. The Hall–Kier alpha value is -1.24. The highest BCUT2D eigenvalue weighted by atomic mass is 32.2. The van der Waals surface area contributed by atoms with Crippen molar-refractivity contribution in [3.05, 3.63) is 45.9 Å². The Morgan fingerprint density at radius 2 is 2.04 bits per heavy atom. The summed E-state index contributed by atoms with van der Waals surface area (Å²) in [5.41, 5.74) is 2.52. The topological polar surface area (TPSA) is 50.3 Å². The summed E-state index contributed by atoms with van der Waals surface area (Å²) in [6, 6.07) is 5.68. The highest BCUT2D eigenvalue weighted by Gasteiger charge is 2.32. The molecule has 0 spiro atoms. The highest BCUT2D eigenvalue weighted by Crippen LogP contribution is 2.32. The number of rotatable bonds is 3. The second kappa shape index (κ2) is 6.00. The lowest BCUT2D eigenvalue weighted by molar-refractivity contribution is 0.315. The van der Waals surface area contributed by atoms with E-state index in [9.17, 15) is 8.42 Å². The van der Waals surface area contributed by atoms with Crippen LogP contribution in [0.5, 0.6) is 0 Å². The number of aromatic nitrogens is 1. The zero-order valence-corrected chi connectivity index (χ0v) is 14.6. The van der Waals surface area contributed by atoms with Gasteiger partial charge in [-0.2, -0.15) is 4.31 Å². The maximum Gasteiger partial charge on any atom is 0.243 e. The van der Waals surface area contributed by atoms with Gasteiger partial charge in [-0.15, -0.1) is 11.3 Å². The second-order valence-corrected chi connectivity index (χ2v) is 9.22. The maximum atomic E-state index is 13.0. The average molecular weight is 348 g/mol. The molecule has 23 heavy (non-hydrogen) atoms. The van der Waals surface area contributed by atoms with E-state index in [-0.39, 0.29) is 5.92 Å². The molecule has 0 bridgehead atoms. The smallest absolute Gasteiger partial charge is 0.243 e. The summed E-state index contributed by atoms with van der Waals surface area (Å²) in [7, 11) is -3.40. The normalized spacial score (nSPS) is 22.2. The number of benzene rings is 1. The first-order valence-corrected chi connectivity index (χ1v) is 10.5. The lowest BCUT2D eigenvalue weighted by Crippen LogP contribution is -2.39. The summed E-state index contributed by atoms with van der Waals surface area (Å²) >= 11 is 1.62.